The number of carbonyl (C=O) groups excluding carboxylic acids is 1. The maximum atomic E-state index is 10.5. The van der Waals surface area contributed by atoms with Crippen LogP contribution in [0.25, 0.3) is 0 Å². The fraction of sp³-hybridized carbons (Fsp3) is 0.917. The third-order valence-electron chi connectivity index (χ3n) is 3.53. The van der Waals surface area contributed by atoms with E-state index in [1.54, 1.807) is 0 Å². The zero-order valence-electron chi connectivity index (χ0n) is 12.0. The lowest BCUT2D eigenvalue weighted by Crippen LogP contribution is -2.61. The highest BCUT2D eigenvalue weighted by molar-refractivity contribution is 5.56. The molecule has 11 heteroatoms. The van der Waals surface area contributed by atoms with E-state index in [-0.39, 0.29) is 6.29 Å². The summed E-state index contributed by atoms with van der Waals surface area (Å²) in [5.74, 6) is 0. The number of aliphatic hydroxyl groups excluding tert-OH is 8. The van der Waals surface area contributed by atoms with E-state index in [9.17, 15) is 35.4 Å². The molecule has 1 aliphatic heterocycles. The number of aliphatic hydroxyl groups is 8. The molecule has 0 aromatic rings. The Morgan fingerprint density at radius 3 is 2.13 bits per heavy atom. The van der Waals surface area contributed by atoms with Crippen molar-refractivity contribution >= 4 is 6.29 Å². The van der Waals surface area contributed by atoms with Gasteiger partial charge in [0.25, 0.3) is 0 Å². The zero-order chi connectivity index (χ0) is 17.7. The Bertz CT molecular complexity index is 365. The molecule has 136 valence electrons. The van der Waals surface area contributed by atoms with Gasteiger partial charge in [0.1, 0.15) is 48.8 Å². The van der Waals surface area contributed by atoms with Crippen molar-refractivity contribution < 1.29 is 55.1 Å². The average Bonchev–Trinajstić information content (AvgIpc) is 2.57. The smallest absolute Gasteiger partial charge is 0.187 e. The molecule has 1 saturated heterocycles. The minimum Gasteiger partial charge on any atom is -0.394 e. The maximum Gasteiger partial charge on any atom is 0.187 e. The normalized spacial score (nSPS) is 37.0. The summed E-state index contributed by atoms with van der Waals surface area (Å²) in [6.07, 6.45) is -15.7. The molecule has 8 N–H and O–H groups in total. The topological polar surface area (TPSA) is 197 Å². The standard InChI is InChI=1S/C12H22O11/c13-1-4(16)7(18)11(5(17)2-14)23-12-10(21)9(20)8(19)6(3-15)22-12/h1,4-12,14-21H,2-3H2/t4-,5-,6-,7-,8-,9+,10+,11+,12-/m1/s1. The van der Waals surface area contributed by atoms with E-state index in [1.165, 1.54) is 0 Å². The second-order valence-electron chi connectivity index (χ2n) is 5.17. The van der Waals surface area contributed by atoms with Crippen LogP contribution in [0.1, 0.15) is 0 Å². The summed E-state index contributed by atoms with van der Waals surface area (Å²) >= 11 is 0. The third-order valence-corrected chi connectivity index (χ3v) is 3.53. The molecule has 0 aromatic heterocycles. The first-order valence-electron chi connectivity index (χ1n) is 6.84. The lowest BCUT2D eigenvalue weighted by atomic mass is 9.98. The summed E-state index contributed by atoms with van der Waals surface area (Å²) in [5, 5.41) is 75.7. The first kappa shape index (κ1) is 20.3. The van der Waals surface area contributed by atoms with Crippen molar-refractivity contribution in [2.75, 3.05) is 13.2 Å². The van der Waals surface area contributed by atoms with Crippen LogP contribution in [-0.2, 0) is 14.3 Å². The van der Waals surface area contributed by atoms with Crippen molar-refractivity contribution in [1.29, 1.82) is 0 Å². The molecule has 1 aliphatic rings. The second-order valence-corrected chi connectivity index (χ2v) is 5.17. The van der Waals surface area contributed by atoms with Crippen molar-refractivity contribution in [3.8, 4) is 0 Å². The number of rotatable bonds is 8. The predicted molar refractivity (Wildman–Crippen MR) is 69.8 cm³/mol. The van der Waals surface area contributed by atoms with Crippen LogP contribution < -0.4 is 0 Å². The van der Waals surface area contributed by atoms with E-state index in [0.717, 1.165) is 0 Å². The van der Waals surface area contributed by atoms with Gasteiger partial charge >= 0.3 is 0 Å². The Morgan fingerprint density at radius 2 is 1.65 bits per heavy atom. The van der Waals surface area contributed by atoms with E-state index in [2.05, 4.69) is 0 Å². The van der Waals surface area contributed by atoms with Gasteiger partial charge in [0, 0.05) is 0 Å². The molecule has 0 bridgehead atoms. The minimum absolute atomic E-state index is 0.0294. The largest absolute Gasteiger partial charge is 0.394 e. The predicted octanol–water partition coefficient (Wildman–Crippen LogP) is -5.55. The van der Waals surface area contributed by atoms with Crippen molar-refractivity contribution in [3.05, 3.63) is 0 Å². The van der Waals surface area contributed by atoms with Gasteiger partial charge in [-0.1, -0.05) is 0 Å². The quantitative estimate of drug-likeness (QED) is 0.196. The number of hydrogen-bond donors (Lipinski definition) is 8. The molecule has 0 amide bonds. The fourth-order valence-electron chi connectivity index (χ4n) is 2.11. The summed E-state index contributed by atoms with van der Waals surface area (Å²) in [6.45, 7) is -1.64. The number of ether oxygens (including phenoxy) is 2. The molecule has 1 heterocycles. The van der Waals surface area contributed by atoms with E-state index in [1.807, 2.05) is 0 Å². The van der Waals surface area contributed by atoms with Crippen LogP contribution in [0.4, 0.5) is 0 Å². The van der Waals surface area contributed by atoms with Crippen molar-refractivity contribution in [2.45, 2.75) is 55.1 Å². The van der Waals surface area contributed by atoms with E-state index in [0.29, 0.717) is 0 Å². The van der Waals surface area contributed by atoms with Gasteiger partial charge in [-0.25, -0.2) is 0 Å². The summed E-state index contributed by atoms with van der Waals surface area (Å²) in [5.41, 5.74) is 0. The van der Waals surface area contributed by atoms with Gasteiger partial charge in [0.15, 0.2) is 12.6 Å². The molecule has 23 heavy (non-hydrogen) atoms. The molecule has 1 fully saturated rings. The molecule has 11 nitrogen and oxygen atoms in total. The molecule has 0 radical (unpaired) electrons. The summed E-state index contributed by atoms with van der Waals surface area (Å²) in [7, 11) is 0. The van der Waals surface area contributed by atoms with Crippen LogP contribution >= 0.6 is 0 Å². The highest BCUT2D eigenvalue weighted by atomic mass is 16.7. The average molecular weight is 342 g/mol. The molecular formula is C12H22O11. The third kappa shape index (κ3) is 4.64. The molecule has 0 aliphatic carbocycles. The van der Waals surface area contributed by atoms with Gasteiger partial charge in [0.2, 0.25) is 0 Å². The highest BCUT2D eigenvalue weighted by Gasteiger charge is 2.46. The van der Waals surface area contributed by atoms with Crippen molar-refractivity contribution in [3.63, 3.8) is 0 Å². The number of carbonyl (C=O) groups is 1. The van der Waals surface area contributed by atoms with E-state index < -0.39 is 68.3 Å². The van der Waals surface area contributed by atoms with Crippen molar-refractivity contribution in [1.82, 2.24) is 0 Å². The lowest BCUT2D eigenvalue weighted by Gasteiger charge is -2.42. The van der Waals surface area contributed by atoms with Crippen LogP contribution in [0.15, 0.2) is 0 Å². The van der Waals surface area contributed by atoms with Gasteiger partial charge in [-0.2, -0.15) is 0 Å². The summed E-state index contributed by atoms with van der Waals surface area (Å²) in [6, 6.07) is 0. The highest BCUT2D eigenvalue weighted by Crippen LogP contribution is 2.24. The first-order chi connectivity index (χ1) is 10.8. The number of hydrogen-bond acceptors (Lipinski definition) is 11. The zero-order valence-corrected chi connectivity index (χ0v) is 12.0. The molecule has 1 rings (SSSR count). The Morgan fingerprint density at radius 1 is 1.04 bits per heavy atom. The Balaban J connectivity index is 2.91. The Labute approximate surface area is 130 Å². The lowest BCUT2D eigenvalue weighted by molar-refractivity contribution is -0.326. The van der Waals surface area contributed by atoms with Crippen LogP contribution in [-0.4, -0.2) is 115 Å². The molecule has 0 aromatic carbocycles. The van der Waals surface area contributed by atoms with Crippen molar-refractivity contribution in [2.24, 2.45) is 0 Å². The second kappa shape index (κ2) is 8.94. The number of aldehydes is 1. The summed E-state index contributed by atoms with van der Waals surface area (Å²) < 4.78 is 10.1. The fourth-order valence-corrected chi connectivity index (χ4v) is 2.11. The Hall–Kier alpha value is -0.730. The molecular weight excluding hydrogens is 320 g/mol. The van der Waals surface area contributed by atoms with Crippen LogP contribution in [0.2, 0.25) is 0 Å². The maximum absolute atomic E-state index is 10.5. The Kier molecular flexibility index (Phi) is 7.89. The van der Waals surface area contributed by atoms with Crippen LogP contribution in [0.5, 0.6) is 0 Å². The summed E-state index contributed by atoms with van der Waals surface area (Å²) in [4.78, 5) is 10.5. The minimum atomic E-state index is -1.97. The SMILES string of the molecule is O=C[C@@H](O)[C@@H](O)[C@@H](O[C@H]1O[C@H](CO)[C@@H](O)[C@H](O)[C@@H]1O)[C@H](O)CO. The molecule has 0 unspecified atom stereocenters. The molecule has 9 atom stereocenters. The van der Waals surface area contributed by atoms with Gasteiger partial charge in [0.05, 0.1) is 13.2 Å². The monoisotopic (exact) mass is 342 g/mol. The first-order valence-corrected chi connectivity index (χ1v) is 6.84. The van der Waals surface area contributed by atoms with Crippen LogP contribution in [0, 0.1) is 0 Å². The molecule has 0 saturated carbocycles. The van der Waals surface area contributed by atoms with Gasteiger partial charge < -0.3 is 55.1 Å². The van der Waals surface area contributed by atoms with Gasteiger partial charge in [-0.15, -0.1) is 0 Å². The molecule has 0 spiro atoms. The van der Waals surface area contributed by atoms with Gasteiger partial charge in [-0.3, -0.25) is 0 Å². The van der Waals surface area contributed by atoms with Gasteiger partial charge in [-0.05, 0) is 0 Å². The van der Waals surface area contributed by atoms with Crippen LogP contribution in [0.3, 0.4) is 0 Å². The van der Waals surface area contributed by atoms with E-state index >= 15 is 0 Å². The van der Waals surface area contributed by atoms with E-state index in [4.69, 9.17) is 19.7 Å².